The molecule has 1 N–H and O–H groups in total. The maximum atomic E-state index is 12.6. The summed E-state index contributed by atoms with van der Waals surface area (Å²) in [5.74, 6) is 0.568. The summed E-state index contributed by atoms with van der Waals surface area (Å²) in [6.07, 6.45) is 6.10. The summed E-state index contributed by atoms with van der Waals surface area (Å²) in [4.78, 5) is 24.9. The Morgan fingerprint density at radius 3 is 1.89 bits per heavy atom. The lowest BCUT2D eigenvalue weighted by molar-refractivity contribution is -0.140. The molecule has 162 valence electrons. The van der Waals surface area contributed by atoms with Crippen molar-refractivity contribution in [1.82, 2.24) is 5.32 Å². The van der Waals surface area contributed by atoms with Gasteiger partial charge in [0, 0.05) is 23.3 Å². The minimum atomic E-state index is -0.121. The maximum absolute atomic E-state index is 12.6. The van der Waals surface area contributed by atoms with E-state index in [1.54, 1.807) is 0 Å². The number of rotatable bonds is 13. The quantitative estimate of drug-likeness (QED) is 0.483. The molecule has 0 aliphatic heterocycles. The molecule has 0 saturated heterocycles. The first-order valence-corrected chi connectivity index (χ1v) is 10.9. The topological polar surface area (TPSA) is 73.9 Å². The van der Waals surface area contributed by atoms with Crippen molar-refractivity contribution in [3.8, 4) is 0 Å². The third kappa shape index (κ3) is 6.53. The van der Waals surface area contributed by atoms with E-state index in [-0.39, 0.29) is 28.9 Å². The van der Waals surface area contributed by atoms with Gasteiger partial charge >= 0.3 is 0 Å². The molecule has 3 aliphatic carbocycles. The molecule has 6 nitrogen and oxygen atoms in total. The molecule has 0 heterocycles. The van der Waals surface area contributed by atoms with Crippen LogP contribution in [0.15, 0.2) is 0 Å². The minimum Gasteiger partial charge on any atom is -0.379 e. The highest BCUT2D eigenvalue weighted by atomic mass is 16.5. The molecule has 0 spiro atoms. The molecule has 6 heteroatoms. The fourth-order valence-electron chi connectivity index (χ4n) is 4.54. The monoisotopic (exact) mass is 397 g/mol. The third-order valence-electron chi connectivity index (χ3n) is 6.22. The first-order valence-electron chi connectivity index (χ1n) is 10.9. The Labute approximate surface area is 170 Å². The maximum Gasteiger partial charge on any atom is 0.222 e. The summed E-state index contributed by atoms with van der Waals surface area (Å²) in [6.45, 7) is 10.5. The number of carbonyl (C=O) groups excluding carboxylic acids is 2. The van der Waals surface area contributed by atoms with Crippen LogP contribution in [0.3, 0.4) is 0 Å². The zero-order valence-electron chi connectivity index (χ0n) is 18.2. The largest absolute Gasteiger partial charge is 0.379 e. The summed E-state index contributed by atoms with van der Waals surface area (Å²) in [5, 5.41) is 3.26. The van der Waals surface area contributed by atoms with Gasteiger partial charge in [-0.3, -0.25) is 9.59 Å². The molecule has 1 amide bonds. The van der Waals surface area contributed by atoms with Crippen molar-refractivity contribution in [3.05, 3.63) is 0 Å². The van der Waals surface area contributed by atoms with Crippen molar-refractivity contribution in [3.63, 3.8) is 0 Å². The van der Waals surface area contributed by atoms with Crippen molar-refractivity contribution in [1.29, 1.82) is 0 Å². The first-order chi connectivity index (χ1) is 13.3. The summed E-state index contributed by atoms with van der Waals surface area (Å²) in [6, 6.07) is 0. The standard InChI is InChI=1S/C22H39NO5/c1-17(2)20(25)21-6-9-22(10-7-21,11-8-21)23-19(24)5-12-26-13-14-27-15-16-28-18(3)4/h17-18H,5-16H2,1-4H3,(H,23,24). The van der Waals surface area contributed by atoms with E-state index in [1.807, 2.05) is 27.7 Å². The number of amides is 1. The molecule has 3 aliphatic rings. The average Bonchev–Trinajstić information content (AvgIpc) is 2.67. The van der Waals surface area contributed by atoms with E-state index in [0.29, 0.717) is 45.2 Å². The lowest BCUT2D eigenvalue weighted by atomic mass is 9.54. The van der Waals surface area contributed by atoms with E-state index < -0.39 is 0 Å². The van der Waals surface area contributed by atoms with Gasteiger partial charge in [0.1, 0.15) is 5.78 Å². The zero-order chi connectivity index (χ0) is 20.6. The van der Waals surface area contributed by atoms with Gasteiger partial charge in [-0.15, -0.1) is 0 Å². The highest BCUT2D eigenvalue weighted by Crippen LogP contribution is 2.53. The van der Waals surface area contributed by atoms with Gasteiger partial charge in [-0.25, -0.2) is 0 Å². The molecule has 3 fully saturated rings. The van der Waals surface area contributed by atoms with E-state index >= 15 is 0 Å². The summed E-state index contributed by atoms with van der Waals surface area (Å²) in [5.41, 5.74) is -0.223. The molecule has 3 saturated carbocycles. The van der Waals surface area contributed by atoms with Crippen molar-refractivity contribution < 1.29 is 23.8 Å². The van der Waals surface area contributed by atoms with Crippen molar-refractivity contribution in [2.75, 3.05) is 33.0 Å². The first kappa shape index (κ1) is 23.3. The van der Waals surface area contributed by atoms with E-state index in [1.165, 1.54) is 0 Å². The van der Waals surface area contributed by atoms with Gasteiger partial charge in [0.2, 0.25) is 5.91 Å². The number of hydrogen-bond donors (Lipinski definition) is 1. The Hall–Kier alpha value is -0.980. The Morgan fingerprint density at radius 1 is 0.821 bits per heavy atom. The van der Waals surface area contributed by atoms with Crippen molar-refractivity contribution in [2.45, 2.75) is 84.3 Å². The lowest BCUT2D eigenvalue weighted by Gasteiger charge is -2.53. The van der Waals surface area contributed by atoms with Crippen LogP contribution < -0.4 is 5.32 Å². The van der Waals surface area contributed by atoms with Gasteiger partial charge < -0.3 is 19.5 Å². The second kappa shape index (κ2) is 10.7. The van der Waals surface area contributed by atoms with Gasteiger partial charge in [-0.05, 0) is 52.4 Å². The Kier molecular flexibility index (Phi) is 8.90. The number of fused-ring (bicyclic) bond motifs is 3. The number of nitrogens with one attached hydrogen (secondary N) is 1. The van der Waals surface area contributed by atoms with Crippen LogP contribution in [0, 0.1) is 11.3 Å². The SMILES string of the molecule is CC(C)OCCOCCOCCC(=O)NC12CCC(C(=O)C(C)C)(CC1)CC2. The van der Waals surface area contributed by atoms with Gasteiger partial charge in [-0.1, -0.05) is 13.8 Å². The average molecular weight is 398 g/mol. The molecular formula is C22H39NO5. The van der Waals surface area contributed by atoms with Crippen molar-refractivity contribution >= 4 is 11.7 Å². The smallest absolute Gasteiger partial charge is 0.222 e. The molecule has 0 radical (unpaired) electrons. The lowest BCUT2D eigenvalue weighted by Crippen LogP contribution is -2.58. The zero-order valence-corrected chi connectivity index (χ0v) is 18.2. The molecule has 0 aromatic carbocycles. The predicted octanol–water partition coefficient (Wildman–Crippen LogP) is 3.27. The predicted molar refractivity (Wildman–Crippen MR) is 108 cm³/mol. The Balaban J connectivity index is 1.58. The molecule has 28 heavy (non-hydrogen) atoms. The van der Waals surface area contributed by atoms with Crippen LogP contribution in [0.25, 0.3) is 0 Å². The second-order valence-corrected chi connectivity index (χ2v) is 9.02. The van der Waals surface area contributed by atoms with Crippen LogP contribution in [-0.2, 0) is 23.8 Å². The number of carbonyl (C=O) groups is 2. The fraction of sp³-hybridized carbons (Fsp3) is 0.909. The molecule has 3 rings (SSSR count). The number of ether oxygens (including phenoxy) is 3. The molecular weight excluding hydrogens is 358 g/mol. The molecule has 0 aromatic rings. The third-order valence-corrected chi connectivity index (χ3v) is 6.22. The van der Waals surface area contributed by atoms with Crippen LogP contribution in [0.1, 0.15) is 72.6 Å². The number of hydrogen-bond acceptors (Lipinski definition) is 5. The van der Waals surface area contributed by atoms with E-state index in [4.69, 9.17) is 14.2 Å². The van der Waals surface area contributed by atoms with E-state index in [0.717, 1.165) is 38.5 Å². The van der Waals surface area contributed by atoms with Gasteiger partial charge in [0.15, 0.2) is 0 Å². The van der Waals surface area contributed by atoms with Crippen LogP contribution >= 0.6 is 0 Å². The number of Topliss-reactive ketones (excluding diaryl/α,β-unsaturated/α-hetero) is 1. The molecule has 0 aromatic heterocycles. The highest BCUT2D eigenvalue weighted by Gasteiger charge is 2.52. The summed E-state index contributed by atoms with van der Waals surface area (Å²) >= 11 is 0. The minimum absolute atomic E-state index is 0.0517. The highest BCUT2D eigenvalue weighted by molar-refractivity contribution is 5.87. The van der Waals surface area contributed by atoms with Crippen molar-refractivity contribution in [2.24, 2.45) is 11.3 Å². The fourth-order valence-corrected chi connectivity index (χ4v) is 4.54. The van der Waals surface area contributed by atoms with Crippen LogP contribution in [0.4, 0.5) is 0 Å². The van der Waals surface area contributed by atoms with Gasteiger partial charge in [0.25, 0.3) is 0 Å². The summed E-state index contributed by atoms with van der Waals surface area (Å²) < 4.78 is 16.3. The molecule has 0 unspecified atom stereocenters. The van der Waals surface area contributed by atoms with Crippen LogP contribution in [0.5, 0.6) is 0 Å². The molecule has 2 bridgehead atoms. The van der Waals surface area contributed by atoms with Crippen LogP contribution in [-0.4, -0.2) is 56.4 Å². The Bertz CT molecular complexity index is 493. The van der Waals surface area contributed by atoms with Gasteiger partial charge in [0.05, 0.1) is 39.1 Å². The van der Waals surface area contributed by atoms with Gasteiger partial charge in [-0.2, -0.15) is 0 Å². The summed E-state index contributed by atoms with van der Waals surface area (Å²) in [7, 11) is 0. The van der Waals surface area contributed by atoms with E-state index in [2.05, 4.69) is 5.32 Å². The van der Waals surface area contributed by atoms with E-state index in [9.17, 15) is 9.59 Å². The Morgan fingerprint density at radius 2 is 1.36 bits per heavy atom. The molecule has 0 atom stereocenters. The normalized spacial score (nSPS) is 26.8. The van der Waals surface area contributed by atoms with Crippen LogP contribution in [0.2, 0.25) is 0 Å². The second-order valence-electron chi connectivity index (χ2n) is 9.02. The number of ketones is 1.